The normalized spacial score (nSPS) is 23.7. The molecular weight excluding hydrogens is 290 g/mol. The van der Waals surface area contributed by atoms with Crippen molar-refractivity contribution in [2.24, 2.45) is 5.92 Å². The zero-order chi connectivity index (χ0) is 13.1. The van der Waals surface area contributed by atoms with Crippen molar-refractivity contribution in [1.29, 1.82) is 0 Å². The molecule has 3 heteroatoms. The number of rotatable bonds is 2. The van der Waals surface area contributed by atoms with Crippen LogP contribution in [0.5, 0.6) is 0 Å². The predicted octanol–water partition coefficient (Wildman–Crippen LogP) is 4.10. The maximum absolute atomic E-state index is 12.4. The molecule has 98 valence electrons. The van der Waals surface area contributed by atoms with Crippen molar-refractivity contribution in [2.45, 2.75) is 38.6 Å². The van der Waals surface area contributed by atoms with Crippen LogP contribution in [0.4, 0.5) is 0 Å². The van der Waals surface area contributed by atoms with Crippen LogP contribution < -0.4 is 0 Å². The Kier molecular flexibility index (Phi) is 4.44. The van der Waals surface area contributed by atoms with E-state index in [4.69, 9.17) is 0 Å². The smallest absolute Gasteiger partial charge is 0.254 e. The molecule has 0 atom stereocenters. The summed E-state index contributed by atoms with van der Waals surface area (Å²) in [4.78, 5) is 14.4. The molecule has 0 aromatic heterocycles. The van der Waals surface area contributed by atoms with Crippen molar-refractivity contribution < 1.29 is 4.79 Å². The molecule has 0 spiro atoms. The van der Waals surface area contributed by atoms with E-state index < -0.39 is 0 Å². The number of benzene rings is 1. The molecule has 1 aliphatic rings. The highest BCUT2D eigenvalue weighted by molar-refractivity contribution is 9.10. The summed E-state index contributed by atoms with van der Waals surface area (Å²) in [6, 6.07) is 8.05. The summed E-state index contributed by atoms with van der Waals surface area (Å²) < 4.78 is 0.881. The Labute approximate surface area is 117 Å². The van der Waals surface area contributed by atoms with Crippen LogP contribution >= 0.6 is 15.9 Å². The summed E-state index contributed by atoms with van der Waals surface area (Å²) >= 11 is 3.45. The van der Waals surface area contributed by atoms with Gasteiger partial charge in [0.15, 0.2) is 0 Å². The second-order valence-corrected chi connectivity index (χ2v) is 6.16. The minimum absolute atomic E-state index is 0.127. The standard InChI is InChI=1S/C15H20BrNO/c1-11-7-9-12(10-8-11)17(2)15(18)13-5-3-4-6-14(13)16/h3-6,11-12H,7-10H2,1-2H3. The Morgan fingerprint density at radius 2 is 1.83 bits per heavy atom. The van der Waals surface area contributed by atoms with Gasteiger partial charge in [0.2, 0.25) is 0 Å². The van der Waals surface area contributed by atoms with Crippen molar-refractivity contribution in [3.8, 4) is 0 Å². The summed E-state index contributed by atoms with van der Waals surface area (Å²) in [5, 5.41) is 0. The SMILES string of the molecule is CC1CCC(N(C)C(=O)c2ccccc2Br)CC1. The van der Waals surface area contributed by atoms with Gasteiger partial charge < -0.3 is 4.90 Å². The average Bonchev–Trinajstić information content (AvgIpc) is 2.38. The lowest BCUT2D eigenvalue weighted by Crippen LogP contribution is -2.39. The summed E-state index contributed by atoms with van der Waals surface area (Å²) in [6.45, 7) is 2.30. The number of halogens is 1. The van der Waals surface area contributed by atoms with Gasteiger partial charge in [-0.2, -0.15) is 0 Å². The summed E-state index contributed by atoms with van der Waals surface area (Å²) in [5.74, 6) is 0.940. The molecule has 0 radical (unpaired) electrons. The maximum atomic E-state index is 12.4. The topological polar surface area (TPSA) is 20.3 Å². The lowest BCUT2D eigenvalue weighted by atomic mass is 9.86. The second kappa shape index (κ2) is 5.87. The third kappa shape index (κ3) is 2.94. The Balaban J connectivity index is 2.07. The van der Waals surface area contributed by atoms with Crippen molar-refractivity contribution in [2.75, 3.05) is 7.05 Å². The van der Waals surface area contributed by atoms with E-state index in [1.54, 1.807) is 0 Å². The third-order valence-corrected chi connectivity index (χ3v) is 4.65. The quantitative estimate of drug-likeness (QED) is 0.805. The fourth-order valence-electron chi connectivity index (χ4n) is 2.62. The van der Waals surface area contributed by atoms with Gasteiger partial charge in [-0.3, -0.25) is 4.79 Å². The molecule has 1 aliphatic carbocycles. The molecular formula is C15H20BrNO. The van der Waals surface area contributed by atoms with Crippen LogP contribution in [0.3, 0.4) is 0 Å². The van der Waals surface area contributed by atoms with Crippen LogP contribution in [0.2, 0.25) is 0 Å². The molecule has 1 saturated carbocycles. The molecule has 0 aliphatic heterocycles. The number of carbonyl (C=O) groups is 1. The summed E-state index contributed by atoms with van der Waals surface area (Å²) in [6.07, 6.45) is 4.73. The first-order valence-corrected chi connectivity index (χ1v) is 7.40. The molecule has 2 nitrogen and oxygen atoms in total. The van der Waals surface area contributed by atoms with Gasteiger partial charge in [0, 0.05) is 17.6 Å². The van der Waals surface area contributed by atoms with Crippen molar-refractivity contribution in [3.63, 3.8) is 0 Å². The summed E-state index contributed by atoms with van der Waals surface area (Å²) in [5.41, 5.74) is 0.763. The van der Waals surface area contributed by atoms with Crippen LogP contribution in [-0.4, -0.2) is 23.9 Å². The first-order valence-electron chi connectivity index (χ1n) is 6.61. The molecule has 0 heterocycles. The van der Waals surface area contributed by atoms with Gasteiger partial charge in [0.1, 0.15) is 0 Å². The van der Waals surface area contributed by atoms with E-state index >= 15 is 0 Å². The van der Waals surface area contributed by atoms with Crippen molar-refractivity contribution >= 4 is 21.8 Å². The van der Waals surface area contributed by atoms with Crippen LogP contribution in [-0.2, 0) is 0 Å². The number of hydrogen-bond acceptors (Lipinski definition) is 1. The minimum atomic E-state index is 0.127. The van der Waals surface area contributed by atoms with Crippen LogP contribution in [0.15, 0.2) is 28.7 Å². The van der Waals surface area contributed by atoms with Gasteiger partial charge in [-0.25, -0.2) is 0 Å². The Bertz CT molecular complexity index is 424. The third-order valence-electron chi connectivity index (χ3n) is 3.96. The zero-order valence-corrected chi connectivity index (χ0v) is 12.6. The predicted molar refractivity (Wildman–Crippen MR) is 77.7 cm³/mol. The van der Waals surface area contributed by atoms with E-state index in [1.165, 1.54) is 12.8 Å². The lowest BCUT2D eigenvalue weighted by molar-refractivity contribution is 0.0678. The van der Waals surface area contributed by atoms with E-state index in [0.717, 1.165) is 28.8 Å². The molecule has 2 rings (SSSR count). The van der Waals surface area contributed by atoms with Gasteiger partial charge in [-0.15, -0.1) is 0 Å². The zero-order valence-electron chi connectivity index (χ0n) is 11.0. The maximum Gasteiger partial charge on any atom is 0.254 e. The molecule has 1 amide bonds. The fourth-order valence-corrected chi connectivity index (χ4v) is 3.07. The van der Waals surface area contributed by atoms with E-state index in [2.05, 4.69) is 22.9 Å². The molecule has 0 unspecified atom stereocenters. The molecule has 1 aromatic carbocycles. The fraction of sp³-hybridized carbons (Fsp3) is 0.533. The molecule has 1 aromatic rings. The van der Waals surface area contributed by atoms with Crippen LogP contribution in [0, 0.1) is 5.92 Å². The Hall–Kier alpha value is -0.830. The number of hydrogen-bond donors (Lipinski definition) is 0. The molecule has 1 fully saturated rings. The largest absolute Gasteiger partial charge is 0.339 e. The number of nitrogens with zero attached hydrogens (tertiary/aromatic N) is 1. The van der Waals surface area contributed by atoms with Crippen molar-refractivity contribution in [1.82, 2.24) is 4.90 Å². The second-order valence-electron chi connectivity index (χ2n) is 5.31. The van der Waals surface area contributed by atoms with E-state index in [1.807, 2.05) is 36.2 Å². The average molecular weight is 310 g/mol. The van der Waals surface area contributed by atoms with Gasteiger partial charge in [-0.05, 0) is 59.7 Å². The number of carbonyl (C=O) groups excluding carboxylic acids is 1. The highest BCUT2D eigenvalue weighted by Crippen LogP contribution is 2.28. The lowest BCUT2D eigenvalue weighted by Gasteiger charge is -2.33. The van der Waals surface area contributed by atoms with Gasteiger partial charge in [0.25, 0.3) is 5.91 Å². The first kappa shape index (κ1) is 13.6. The molecule has 18 heavy (non-hydrogen) atoms. The molecule has 0 N–H and O–H groups in total. The van der Waals surface area contributed by atoms with Gasteiger partial charge in [0.05, 0.1) is 5.56 Å². The van der Waals surface area contributed by atoms with Crippen molar-refractivity contribution in [3.05, 3.63) is 34.3 Å². The molecule has 0 saturated heterocycles. The monoisotopic (exact) mass is 309 g/mol. The van der Waals surface area contributed by atoms with E-state index in [0.29, 0.717) is 6.04 Å². The highest BCUT2D eigenvalue weighted by Gasteiger charge is 2.26. The highest BCUT2D eigenvalue weighted by atomic mass is 79.9. The van der Waals surface area contributed by atoms with E-state index in [-0.39, 0.29) is 5.91 Å². The number of amides is 1. The molecule has 0 bridgehead atoms. The van der Waals surface area contributed by atoms with Gasteiger partial charge >= 0.3 is 0 Å². The van der Waals surface area contributed by atoms with Crippen LogP contribution in [0.25, 0.3) is 0 Å². The Morgan fingerprint density at radius 3 is 2.44 bits per heavy atom. The minimum Gasteiger partial charge on any atom is -0.339 e. The van der Waals surface area contributed by atoms with Gasteiger partial charge in [-0.1, -0.05) is 19.1 Å². The Morgan fingerprint density at radius 1 is 1.22 bits per heavy atom. The first-order chi connectivity index (χ1) is 8.59. The summed E-state index contributed by atoms with van der Waals surface area (Å²) in [7, 11) is 1.93. The van der Waals surface area contributed by atoms with E-state index in [9.17, 15) is 4.79 Å². The van der Waals surface area contributed by atoms with Crippen LogP contribution in [0.1, 0.15) is 43.0 Å².